The van der Waals surface area contributed by atoms with Gasteiger partial charge in [0.2, 0.25) is 5.91 Å². The molecule has 4 aromatic carbocycles. The molecule has 0 saturated heterocycles. The first-order valence-corrected chi connectivity index (χ1v) is 15.3. The van der Waals surface area contributed by atoms with Crippen molar-refractivity contribution >= 4 is 52.5 Å². The predicted octanol–water partition coefficient (Wildman–Crippen LogP) is 8.17. The minimum Gasteiger partial charge on any atom is -0.495 e. The second-order valence-corrected chi connectivity index (χ2v) is 12.1. The van der Waals surface area contributed by atoms with E-state index in [1.54, 1.807) is 18.9 Å². The molecule has 3 atom stereocenters. The summed E-state index contributed by atoms with van der Waals surface area (Å²) in [4.78, 5) is 31.2. The van der Waals surface area contributed by atoms with Crippen LogP contribution in [0.25, 0.3) is 0 Å². The van der Waals surface area contributed by atoms with Crippen LogP contribution in [0.5, 0.6) is 5.75 Å². The van der Waals surface area contributed by atoms with Crippen LogP contribution in [0.1, 0.15) is 10.8 Å². The zero-order valence-corrected chi connectivity index (χ0v) is 24.5. The van der Waals surface area contributed by atoms with E-state index in [-0.39, 0.29) is 23.2 Å². The third-order valence-corrected chi connectivity index (χ3v) is 9.56. The molecular weight excluding hydrogens is 563 g/mol. The number of nitrogens with zero attached hydrogens (tertiary/aromatic N) is 1. The number of ether oxygens (including phenoxy) is 1. The van der Waals surface area contributed by atoms with Crippen LogP contribution in [0, 0.1) is 0 Å². The second kappa shape index (κ2) is 12.6. The normalized spacial score (nSPS) is 17.5. The Morgan fingerprint density at radius 1 is 0.857 bits per heavy atom. The first kappa shape index (κ1) is 27.8. The molecule has 6 rings (SSSR count). The van der Waals surface area contributed by atoms with Gasteiger partial charge in [0.15, 0.2) is 0 Å². The number of hydrogen-bond donors (Lipinski definition) is 2. The molecule has 8 heteroatoms. The smallest absolute Gasteiger partial charge is 0.326 e. The van der Waals surface area contributed by atoms with Crippen molar-refractivity contribution in [3.63, 3.8) is 0 Å². The summed E-state index contributed by atoms with van der Waals surface area (Å²) in [6.45, 7) is 0. The van der Waals surface area contributed by atoms with Gasteiger partial charge in [-0.15, -0.1) is 23.5 Å². The number of rotatable bonds is 7. The Bertz CT molecular complexity index is 1660. The van der Waals surface area contributed by atoms with Gasteiger partial charge in [-0.05, 0) is 48.0 Å². The number of methoxy groups -OCH3 is 1. The number of anilines is 3. The van der Waals surface area contributed by atoms with E-state index < -0.39 is 5.25 Å². The standard InChI is InChI=1S/C34H29N3O3S2/c1-40-29-19-8-5-16-26(29)36-33(38)32(23-12-3-2-4-13-23)41-25-15-11-14-24(22-25)35-34(39)37-27-17-6-9-20-30(27)42-31-21-10-7-18-28(31)37/h2-22,27,30,32H,1H3,(H,35,39)(H,36,38). The van der Waals surface area contributed by atoms with Crippen molar-refractivity contribution in [3.8, 4) is 5.75 Å². The summed E-state index contributed by atoms with van der Waals surface area (Å²) in [5.74, 6) is 0.423. The van der Waals surface area contributed by atoms with E-state index in [2.05, 4.69) is 28.9 Å². The molecule has 0 spiro atoms. The topological polar surface area (TPSA) is 70.7 Å². The second-order valence-electron chi connectivity index (χ2n) is 9.74. The van der Waals surface area contributed by atoms with Crippen LogP contribution in [-0.4, -0.2) is 30.3 Å². The molecule has 3 amide bonds. The first-order chi connectivity index (χ1) is 20.6. The zero-order chi connectivity index (χ0) is 28.9. The third-order valence-electron chi connectivity index (χ3n) is 7.01. The fourth-order valence-electron chi connectivity index (χ4n) is 5.04. The van der Waals surface area contributed by atoms with Crippen molar-refractivity contribution in [2.24, 2.45) is 0 Å². The zero-order valence-electron chi connectivity index (χ0n) is 22.8. The van der Waals surface area contributed by atoms with Gasteiger partial charge in [0.05, 0.1) is 29.8 Å². The Hall–Kier alpha value is -4.40. The summed E-state index contributed by atoms with van der Waals surface area (Å²) in [5, 5.41) is 5.75. The largest absolute Gasteiger partial charge is 0.495 e. The van der Waals surface area contributed by atoms with Crippen LogP contribution in [-0.2, 0) is 4.79 Å². The van der Waals surface area contributed by atoms with Gasteiger partial charge in [-0.25, -0.2) is 4.79 Å². The van der Waals surface area contributed by atoms with Crippen LogP contribution < -0.4 is 20.3 Å². The maximum atomic E-state index is 13.8. The lowest BCUT2D eigenvalue weighted by atomic mass is 10.1. The van der Waals surface area contributed by atoms with Gasteiger partial charge in [0.1, 0.15) is 11.0 Å². The van der Waals surface area contributed by atoms with Crippen LogP contribution >= 0.6 is 23.5 Å². The van der Waals surface area contributed by atoms with Crippen molar-refractivity contribution in [3.05, 3.63) is 133 Å². The van der Waals surface area contributed by atoms with Crippen molar-refractivity contribution in [2.45, 2.75) is 26.3 Å². The minimum absolute atomic E-state index is 0.0893. The lowest BCUT2D eigenvalue weighted by Gasteiger charge is -2.40. The van der Waals surface area contributed by atoms with E-state index in [4.69, 9.17) is 4.74 Å². The van der Waals surface area contributed by atoms with Crippen molar-refractivity contribution in [1.82, 2.24) is 0 Å². The van der Waals surface area contributed by atoms with E-state index in [1.807, 2.05) is 114 Å². The lowest BCUT2D eigenvalue weighted by Crippen LogP contribution is -2.49. The Morgan fingerprint density at radius 2 is 1.62 bits per heavy atom. The van der Waals surface area contributed by atoms with E-state index >= 15 is 0 Å². The molecule has 1 aliphatic carbocycles. The monoisotopic (exact) mass is 591 g/mol. The number of fused-ring (bicyclic) bond motifs is 2. The molecule has 0 radical (unpaired) electrons. The Labute approximate surface area is 253 Å². The molecule has 4 aromatic rings. The SMILES string of the molecule is COc1ccccc1NC(=O)C(Sc1cccc(NC(=O)N2c3ccccc3SC3C=CC=CC32)c1)c1ccccc1. The van der Waals surface area contributed by atoms with Gasteiger partial charge in [-0.3, -0.25) is 9.69 Å². The van der Waals surface area contributed by atoms with Gasteiger partial charge >= 0.3 is 6.03 Å². The summed E-state index contributed by atoms with van der Waals surface area (Å²) in [6, 6.07) is 32.3. The first-order valence-electron chi connectivity index (χ1n) is 13.6. The fourth-order valence-corrected chi connectivity index (χ4v) is 7.38. The molecule has 0 aromatic heterocycles. The number of carbonyl (C=O) groups excluding carboxylic acids is 2. The summed E-state index contributed by atoms with van der Waals surface area (Å²) >= 11 is 3.20. The molecular formula is C34H29N3O3S2. The average molecular weight is 592 g/mol. The quantitative estimate of drug-likeness (QED) is 0.212. The average Bonchev–Trinajstić information content (AvgIpc) is 3.03. The summed E-state index contributed by atoms with van der Waals surface area (Å²) in [7, 11) is 1.58. The Morgan fingerprint density at radius 3 is 2.48 bits per heavy atom. The number of amides is 3. The number of benzene rings is 4. The molecule has 0 fully saturated rings. The number of thioether (sulfide) groups is 2. The van der Waals surface area contributed by atoms with Crippen LogP contribution in [0.4, 0.5) is 21.9 Å². The van der Waals surface area contributed by atoms with Crippen LogP contribution in [0.2, 0.25) is 0 Å². The predicted molar refractivity (Wildman–Crippen MR) is 173 cm³/mol. The molecule has 2 aliphatic rings. The molecule has 2 N–H and O–H groups in total. The maximum absolute atomic E-state index is 13.8. The van der Waals surface area contributed by atoms with E-state index in [0.717, 1.165) is 21.0 Å². The molecule has 6 nitrogen and oxygen atoms in total. The molecule has 0 saturated carbocycles. The Kier molecular flexibility index (Phi) is 8.35. The number of carbonyl (C=O) groups is 2. The summed E-state index contributed by atoms with van der Waals surface area (Å²) < 4.78 is 5.43. The van der Waals surface area contributed by atoms with Gasteiger partial charge in [-0.1, -0.05) is 85.0 Å². The molecule has 210 valence electrons. The fraction of sp³-hybridized carbons (Fsp3) is 0.118. The lowest BCUT2D eigenvalue weighted by molar-refractivity contribution is -0.115. The molecule has 1 aliphatic heterocycles. The summed E-state index contributed by atoms with van der Waals surface area (Å²) in [6.07, 6.45) is 8.24. The Balaban J connectivity index is 1.24. The highest BCUT2D eigenvalue weighted by atomic mass is 32.2. The molecule has 3 unspecified atom stereocenters. The van der Waals surface area contributed by atoms with Gasteiger partial charge in [0, 0.05) is 15.5 Å². The van der Waals surface area contributed by atoms with Crippen molar-refractivity contribution < 1.29 is 14.3 Å². The van der Waals surface area contributed by atoms with Gasteiger partial charge in [0.25, 0.3) is 0 Å². The highest BCUT2D eigenvalue weighted by Gasteiger charge is 2.36. The van der Waals surface area contributed by atoms with Crippen molar-refractivity contribution in [1.29, 1.82) is 0 Å². The number of urea groups is 1. The van der Waals surface area contributed by atoms with Gasteiger partial charge in [-0.2, -0.15) is 0 Å². The highest BCUT2D eigenvalue weighted by molar-refractivity contribution is 8.00. The maximum Gasteiger partial charge on any atom is 0.326 e. The molecule has 0 bridgehead atoms. The van der Waals surface area contributed by atoms with Gasteiger partial charge < -0.3 is 15.4 Å². The third kappa shape index (κ3) is 5.95. The minimum atomic E-state index is -0.534. The molecule has 42 heavy (non-hydrogen) atoms. The number of nitrogens with one attached hydrogen (secondary N) is 2. The van der Waals surface area contributed by atoms with E-state index in [1.165, 1.54) is 11.8 Å². The van der Waals surface area contributed by atoms with Crippen molar-refractivity contribution in [2.75, 3.05) is 22.6 Å². The van der Waals surface area contributed by atoms with E-state index in [0.29, 0.717) is 17.1 Å². The number of hydrogen-bond acceptors (Lipinski definition) is 5. The number of para-hydroxylation sites is 3. The highest BCUT2D eigenvalue weighted by Crippen LogP contribution is 2.44. The molecule has 1 heterocycles. The number of allylic oxidation sites excluding steroid dienone is 2. The van der Waals surface area contributed by atoms with Crippen LogP contribution in [0.3, 0.4) is 0 Å². The van der Waals surface area contributed by atoms with Crippen LogP contribution in [0.15, 0.2) is 137 Å². The summed E-state index contributed by atoms with van der Waals surface area (Å²) in [5.41, 5.74) is 3.03. The van der Waals surface area contributed by atoms with E-state index in [9.17, 15) is 9.59 Å².